The molecular weight excluding hydrogens is 242 g/mol. The zero-order valence-electron chi connectivity index (χ0n) is 13.7. The van der Waals surface area contributed by atoms with Gasteiger partial charge < -0.3 is 5.32 Å². The van der Waals surface area contributed by atoms with Gasteiger partial charge in [0.15, 0.2) is 0 Å². The topological polar surface area (TPSA) is 12.0 Å². The Labute approximate surface area is 125 Å². The van der Waals surface area contributed by atoms with Crippen molar-refractivity contribution >= 4 is 0 Å². The van der Waals surface area contributed by atoms with E-state index in [1.54, 1.807) is 0 Å². The number of hydrogen-bond donors (Lipinski definition) is 1. The maximum atomic E-state index is 3.92. The molecule has 2 rings (SSSR count). The molecule has 1 N–H and O–H groups in total. The van der Waals surface area contributed by atoms with Crippen molar-refractivity contribution in [2.45, 2.75) is 78.3 Å². The highest BCUT2D eigenvalue weighted by Gasteiger charge is 2.29. The minimum absolute atomic E-state index is 0.514. The Bertz CT molecular complexity index is 404. The van der Waals surface area contributed by atoms with Crippen LogP contribution in [0.1, 0.15) is 77.0 Å². The molecule has 1 aromatic carbocycles. The van der Waals surface area contributed by atoms with Crippen LogP contribution >= 0.6 is 0 Å². The first-order valence-electron chi connectivity index (χ1n) is 8.39. The van der Waals surface area contributed by atoms with E-state index in [2.05, 4.69) is 57.3 Å². The van der Waals surface area contributed by atoms with Crippen molar-refractivity contribution in [3.63, 3.8) is 0 Å². The third-order valence-electron chi connectivity index (χ3n) is 4.84. The summed E-state index contributed by atoms with van der Waals surface area (Å²) in [6.45, 7) is 9.34. The van der Waals surface area contributed by atoms with Crippen LogP contribution in [0.4, 0.5) is 0 Å². The van der Waals surface area contributed by atoms with Gasteiger partial charge in [-0.05, 0) is 48.6 Å². The van der Waals surface area contributed by atoms with Gasteiger partial charge in [-0.1, -0.05) is 58.4 Å². The van der Waals surface area contributed by atoms with Crippen LogP contribution in [0.2, 0.25) is 0 Å². The summed E-state index contributed by atoms with van der Waals surface area (Å²) in [7, 11) is 0. The van der Waals surface area contributed by atoms with E-state index in [4.69, 9.17) is 0 Å². The van der Waals surface area contributed by atoms with Gasteiger partial charge in [0.05, 0.1) is 0 Å². The second-order valence-electron chi connectivity index (χ2n) is 7.18. The minimum Gasteiger partial charge on any atom is -0.307 e. The monoisotopic (exact) mass is 273 g/mol. The second-order valence-corrected chi connectivity index (χ2v) is 7.18. The Balaban J connectivity index is 2.00. The molecule has 1 fully saturated rings. The van der Waals surface area contributed by atoms with E-state index >= 15 is 0 Å². The highest BCUT2D eigenvalue weighted by Crippen LogP contribution is 2.36. The Morgan fingerprint density at radius 1 is 1.20 bits per heavy atom. The lowest BCUT2D eigenvalue weighted by atomic mass is 9.75. The number of rotatable bonds is 5. The molecule has 2 unspecified atom stereocenters. The first-order valence-corrected chi connectivity index (χ1v) is 8.39. The summed E-state index contributed by atoms with van der Waals surface area (Å²) in [5, 5.41) is 3.92. The summed E-state index contributed by atoms with van der Waals surface area (Å²) in [6.07, 6.45) is 7.70. The number of benzene rings is 1. The fourth-order valence-electron chi connectivity index (χ4n) is 3.56. The molecule has 1 aromatic rings. The van der Waals surface area contributed by atoms with Crippen molar-refractivity contribution in [1.29, 1.82) is 0 Å². The van der Waals surface area contributed by atoms with Crippen LogP contribution in [0.15, 0.2) is 24.3 Å². The molecule has 20 heavy (non-hydrogen) atoms. The molecule has 0 saturated heterocycles. The largest absolute Gasteiger partial charge is 0.307 e. The first-order chi connectivity index (χ1) is 9.54. The molecule has 0 spiro atoms. The highest BCUT2D eigenvalue weighted by atomic mass is 15.0. The maximum absolute atomic E-state index is 3.92. The Kier molecular flexibility index (Phi) is 5.26. The molecule has 1 aliphatic carbocycles. The third-order valence-corrected chi connectivity index (χ3v) is 4.84. The molecule has 0 aromatic heterocycles. The Morgan fingerprint density at radius 2 is 1.90 bits per heavy atom. The molecule has 0 amide bonds. The number of aryl methyl sites for hydroxylation is 1. The van der Waals surface area contributed by atoms with Crippen LogP contribution < -0.4 is 5.32 Å². The van der Waals surface area contributed by atoms with Gasteiger partial charge in [0, 0.05) is 12.1 Å². The summed E-state index contributed by atoms with van der Waals surface area (Å²) in [5.74, 6) is 0. The molecule has 1 heteroatoms. The smallest absolute Gasteiger partial charge is 0.0320 e. The van der Waals surface area contributed by atoms with E-state index in [0.29, 0.717) is 17.5 Å². The zero-order chi connectivity index (χ0) is 14.6. The van der Waals surface area contributed by atoms with E-state index in [1.807, 2.05) is 0 Å². The number of hydrogen-bond acceptors (Lipinski definition) is 1. The lowest BCUT2D eigenvalue weighted by molar-refractivity contribution is 0.188. The van der Waals surface area contributed by atoms with Crippen LogP contribution in [0.3, 0.4) is 0 Å². The lowest BCUT2D eigenvalue weighted by Crippen LogP contribution is -2.39. The van der Waals surface area contributed by atoms with Crippen LogP contribution in [-0.2, 0) is 6.42 Å². The molecule has 1 aliphatic rings. The lowest BCUT2D eigenvalue weighted by Gasteiger charge is -2.37. The molecule has 0 heterocycles. The van der Waals surface area contributed by atoms with Crippen molar-refractivity contribution in [3.05, 3.63) is 35.4 Å². The summed E-state index contributed by atoms with van der Waals surface area (Å²) in [4.78, 5) is 0. The second kappa shape index (κ2) is 6.76. The van der Waals surface area contributed by atoms with Crippen molar-refractivity contribution in [3.8, 4) is 0 Å². The van der Waals surface area contributed by atoms with Crippen LogP contribution in [0, 0.1) is 5.41 Å². The van der Waals surface area contributed by atoms with E-state index in [9.17, 15) is 0 Å². The summed E-state index contributed by atoms with van der Waals surface area (Å²) >= 11 is 0. The molecule has 112 valence electrons. The Morgan fingerprint density at radius 3 is 2.45 bits per heavy atom. The number of nitrogens with one attached hydrogen (secondary N) is 1. The average molecular weight is 273 g/mol. The zero-order valence-corrected chi connectivity index (χ0v) is 13.7. The van der Waals surface area contributed by atoms with Crippen LogP contribution in [0.5, 0.6) is 0 Å². The van der Waals surface area contributed by atoms with Gasteiger partial charge in [0.25, 0.3) is 0 Å². The predicted octanol–water partition coefficient (Wildman–Crippen LogP) is 5.26. The Hall–Kier alpha value is -0.820. The van der Waals surface area contributed by atoms with Gasteiger partial charge in [-0.15, -0.1) is 0 Å². The molecule has 1 saturated carbocycles. The molecule has 0 bridgehead atoms. The highest BCUT2D eigenvalue weighted by molar-refractivity contribution is 5.25. The minimum atomic E-state index is 0.514. The normalized spacial score (nSPS) is 23.5. The summed E-state index contributed by atoms with van der Waals surface area (Å²) < 4.78 is 0. The van der Waals surface area contributed by atoms with E-state index in [-0.39, 0.29) is 0 Å². The van der Waals surface area contributed by atoms with Crippen molar-refractivity contribution in [2.75, 3.05) is 0 Å². The quantitative estimate of drug-likeness (QED) is 0.771. The summed E-state index contributed by atoms with van der Waals surface area (Å²) in [5.41, 5.74) is 3.40. The molecule has 0 radical (unpaired) electrons. The van der Waals surface area contributed by atoms with E-state index < -0.39 is 0 Å². The molecule has 1 nitrogen and oxygen atoms in total. The fourth-order valence-corrected chi connectivity index (χ4v) is 3.56. The fraction of sp³-hybridized carbons (Fsp3) is 0.684. The van der Waals surface area contributed by atoms with Crippen LogP contribution in [-0.4, -0.2) is 6.04 Å². The van der Waals surface area contributed by atoms with Crippen molar-refractivity contribution in [1.82, 2.24) is 5.32 Å². The standard InChI is InChI=1S/C19H31N/c1-5-15-9-11-16(12-10-15)18(6-2)20-17-8-7-13-19(3,4)14-17/h9-12,17-18,20H,5-8,13-14H2,1-4H3. The van der Waals surface area contributed by atoms with Crippen LogP contribution in [0.25, 0.3) is 0 Å². The van der Waals surface area contributed by atoms with E-state index in [1.165, 1.54) is 43.2 Å². The summed E-state index contributed by atoms with van der Waals surface area (Å²) in [6, 6.07) is 10.4. The molecular formula is C19H31N. The third kappa shape index (κ3) is 4.09. The average Bonchev–Trinajstić information content (AvgIpc) is 2.44. The van der Waals surface area contributed by atoms with Gasteiger partial charge in [-0.2, -0.15) is 0 Å². The van der Waals surface area contributed by atoms with Gasteiger partial charge >= 0.3 is 0 Å². The van der Waals surface area contributed by atoms with Gasteiger partial charge in [0.1, 0.15) is 0 Å². The molecule has 0 aliphatic heterocycles. The molecule has 2 atom stereocenters. The van der Waals surface area contributed by atoms with E-state index in [0.717, 1.165) is 6.42 Å². The van der Waals surface area contributed by atoms with Crippen molar-refractivity contribution in [2.24, 2.45) is 5.41 Å². The van der Waals surface area contributed by atoms with Crippen molar-refractivity contribution < 1.29 is 0 Å². The van der Waals surface area contributed by atoms with Gasteiger partial charge in [-0.25, -0.2) is 0 Å². The van der Waals surface area contributed by atoms with Gasteiger partial charge in [0.2, 0.25) is 0 Å². The maximum Gasteiger partial charge on any atom is 0.0320 e. The first kappa shape index (κ1) is 15.6. The predicted molar refractivity (Wildman–Crippen MR) is 88.0 cm³/mol. The van der Waals surface area contributed by atoms with Gasteiger partial charge in [-0.3, -0.25) is 0 Å². The SMILES string of the molecule is CCc1ccc(C(CC)NC2CCCC(C)(C)C2)cc1.